The molecule has 0 aromatic heterocycles. The molecule has 154 valence electrons. The fraction of sp³-hybridized carbons (Fsp3) is 0.238. The summed E-state index contributed by atoms with van der Waals surface area (Å²) in [4.78, 5) is 22.9. The van der Waals surface area contributed by atoms with Crippen LogP contribution in [0.5, 0.6) is 0 Å². The lowest BCUT2D eigenvalue weighted by Gasteiger charge is -2.10. The summed E-state index contributed by atoms with van der Waals surface area (Å²) < 4.78 is 31.5. The van der Waals surface area contributed by atoms with E-state index in [9.17, 15) is 18.0 Å². The monoisotopic (exact) mass is 416 g/mol. The van der Waals surface area contributed by atoms with Crippen molar-refractivity contribution in [3.63, 3.8) is 0 Å². The summed E-state index contributed by atoms with van der Waals surface area (Å²) in [6, 6.07) is 13.6. The van der Waals surface area contributed by atoms with Crippen molar-refractivity contribution in [1.29, 1.82) is 0 Å². The first kappa shape index (κ1) is 22.3. The zero-order valence-electron chi connectivity index (χ0n) is 16.5. The van der Waals surface area contributed by atoms with E-state index < -0.39 is 21.9 Å². The summed E-state index contributed by atoms with van der Waals surface area (Å²) in [5, 5.41) is 2.63. The molecule has 29 heavy (non-hydrogen) atoms. The van der Waals surface area contributed by atoms with Crippen molar-refractivity contribution in [3.8, 4) is 11.1 Å². The third kappa shape index (κ3) is 6.85. The van der Waals surface area contributed by atoms with Gasteiger partial charge in [0, 0.05) is 24.4 Å². The molecule has 0 spiro atoms. The molecule has 2 aromatic rings. The molecule has 7 nitrogen and oxygen atoms in total. The van der Waals surface area contributed by atoms with Crippen LogP contribution in [-0.2, 0) is 24.3 Å². The van der Waals surface area contributed by atoms with Crippen LogP contribution in [-0.4, -0.2) is 33.9 Å². The zero-order chi connectivity index (χ0) is 21.4. The molecule has 0 unspecified atom stereocenters. The SMILES string of the molecule is COC(=O)/C=C\C(=O)Nc1ccc(-c2ccc(S(=O)(=O)NCC(C)C)cc2)cc1. The summed E-state index contributed by atoms with van der Waals surface area (Å²) >= 11 is 0. The number of ether oxygens (including phenoxy) is 1. The maximum absolute atomic E-state index is 12.3. The third-order valence-electron chi connectivity index (χ3n) is 3.90. The Hall–Kier alpha value is -2.97. The number of hydrogen-bond donors (Lipinski definition) is 2. The Bertz CT molecular complexity index is 979. The zero-order valence-corrected chi connectivity index (χ0v) is 17.3. The van der Waals surface area contributed by atoms with E-state index in [1.807, 2.05) is 13.8 Å². The van der Waals surface area contributed by atoms with E-state index in [0.717, 1.165) is 23.3 Å². The summed E-state index contributed by atoms with van der Waals surface area (Å²) in [7, 11) is -2.30. The average molecular weight is 416 g/mol. The van der Waals surface area contributed by atoms with Crippen LogP contribution in [0.1, 0.15) is 13.8 Å². The molecule has 0 atom stereocenters. The Morgan fingerprint density at radius 3 is 2.03 bits per heavy atom. The molecule has 0 aliphatic rings. The van der Waals surface area contributed by atoms with E-state index in [-0.39, 0.29) is 10.8 Å². The van der Waals surface area contributed by atoms with Crippen LogP contribution >= 0.6 is 0 Å². The Labute approximate surface area is 170 Å². The molecule has 2 rings (SSSR count). The molecule has 8 heteroatoms. The van der Waals surface area contributed by atoms with Crippen molar-refractivity contribution >= 4 is 27.6 Å². The van der Waals surface area contributed by atoms with E-state index in [4.69, 9.17) is 0 Å². The van der Waals surface area contributed by atoms with Crippen molar-refractivity contribution in [2.24, 2.45) is 5.92 Å². The predicted molar refractivity (Wildman–Crippen MR) is 112 cm³/mol. The number of benzene rings is 2. The van der Waals surface area contributed by atoms with Gasteiger partial charge in [-0.3, -0.25) is 4.79 Å². The second-order valence-electron chi connectivity index (χ2n) is 6.69. The number of hydrogen-bond acceptors (Lipinski definition) is 5. The van der Waals surface area contributed by atoms with E-state index in [1.165, 1.54) is 7.11 Å². The first-order valence-corrected chi connectivity index (χ1v) is 10.5. The van der Waals surface area contributed by atoms with E-state index in [0.29, 0.717) is 12.2 Å². The summed E-state index contributed by atoms with van der Waals surface area (Å²) in [6.07, 6.45) is 2.13. The quantitative estimate of drug-likeness (QED) is 0.509. The molecular formula is C21H24N2O5S. The number of anilines is 1. The standard InChI is InChI=1S/C21H24N2O5S/c1-15(2)14-22-29(26,27)19-10-6-17(7-11-19)16-4-8-18(9-5-16)23-20(24)12-13-21(25)28-3/h4-13,15,22H,14H2,1-3H3,(H,23,24)/b13-12-. The van der Waals surface area contributed by atoms with Gasteiger partial charge in [-0.1, -0.05) is 38.1 Å². The molecule has 1 amide bonds. The average Bonchev–Trinajstić information content (AvgIpc) is 2.71. The highest BCUT2D eigenvalue weighted by Gasteiger charge is 2.14. The van der Waals surface area contributed by atoms with E-state index in [2.05, 4.69) is 14.8 Å². The highest BCUT2D eigenvalue weighted by molar-refractivity contribution is 7.89. The summed E-state index contributed by atoms with van der Waals surface area (Å²) in [5.41, 5.74) is 2.27. The number of amides is 1. The molecule has 0 aliphatic heterocycles. The van der Waals surface area contributed by atoms with Gasteiger partial charge < -0.3 is 10.1 Å². The number of carbonyl (C=O) groups is 2. The molecule has 0 fully saturated rings. The van der Waals surface area contributed by atoms with Crippen LogP contribution in [0.4, 0.5) is 5.69 Å². The third-order valence-corrected chi connectivity index (χ3v) is 5.34. The molecule has 0 saturated carbocycles. The van der Waals surface area contributed by atoms with Gasteiger partial charge in [0.05, 0.1) is 12.0 Å². The largest absolute Gasteiger partial charge is 0.466 e. The van der Waals surface area contributed by atoms with Crippen molar-refractivity contribution < 1.29 is 22.7 Å². The smallest absolute Gasteiger partial charge is 0.330 e. The maximum atomic E-state index is 12.3. The molecule has 0 saturated heterocycles. The maximum Gasteiger partial charge on any atom is 0.330 e. The molecule has 0 bridgehead atoms. The summed E-state index contributed by atoms with van der Waals surface area (Å²) in [5.74, 6) is -0.842. The topological polar surface area (TPSA) is 102 Å². The highest BCUT2D eigenvalue weighted by Crippen LogP contribution is 2.23. The van der Waals surface area contributed by atoms with Gasteiger partial charge in [0.15, 0.2) is 0 Å². The van der Waals surface area contributed by atoms with Gasteiger partial charge in [-0.25, -0.2) is 17.9 Å². The minimum Gasteiger partial charge on any atom is -0.466 e. The number of methoxy groups -OCH3 is 1. The number of rotatable bonds is 8. The van der Waals surface area contributed by atoms with Crippen LogP contribution in [0, 0.1) is 5.92 Å². The lowest BCUT2D eigenvalue weighted by molar-refractivity contribution is -0.135. The molecule has 2 N–H and O–H groups in total. The molecule has 0 radical (unpaired) electrons. The molecule has 0 aliphatic carbocycles. The Balaban J connectivity index is 2.05. The molecule has 0 heterocycles. The van der Waals surface area contributed by atoms with Gasteiger partial charge in [0.2, 0.25) is 15.9 Å². The predicted octanol–water partition coefficient (Wildman–Crippen LogP) is 2.96. The number of carbonyl (C=O) groups excluding carboxylic acids is 2. The number of sulfonamides is 1. The Morgan fingerprint density at radius 2 is 1.52 bits per heavy atom. The lowest BCUT2D eigenvalue weighted by atomic mass is 10.1. The van der Waals surface area contributed by atoms with Crippen LogP contribution in [0.3, 0.4) is 0 Å². The van der Waals surface area contributed by atoms with Crippen LogP contribution in [0.25, 0.3) is 11.1 Å². The fourth-order valence-electron chi connectivity index (χ4n) is 2.33. The fourth-order valence-corrected chi connectivity index (χ4v) is 3.54. The van der Waals surface area contributed by atoms with Crippen molar-refractivity contribution in [2.45, 2.75) is 18.7 Å². The Kier molecular flexibility index (Phi) is 7.69. The van der Waals surface area contributed by atoms with Crippen molar-refractivity contribution in [2.75, 3.05) is 19.0 Å². The van der Waals surface area contributed by atoms with Crippen molar-refractivity contribution in [1.82, 2.24) is 4.72 Å². The highest BCUT2D eigenvalue weighted by atomic mass is 32.2. The first-order chi connectivity index (χ1) is 13.7. The van der Waals surface area contributed by atoms with Gasteiger partial charge in [0.1, 0.15) is 0 Å². The molecule has 2 aromatic carbocycles. The van der Waals surface area contributed by atoms with Crippen molar-refractivity contribution in [3.05, 3.63) is 60.7 Å². The number of nitrogens with one attached hydrogen (secondary N) is 2. The second-order valence-corrected chi connectivity index (χ2v) is 8.46. The second kappa shape index (κ2) is 9.99. The Morgan fingerprint density at radius 1 is 0.966 bits per heavy atom. The van der Waals surface area contributed by atoms with E-state index >= 15 is 0 Å². The van der Waals surface area contributed by atoms with E-state index in [1.54, 1.807) is 48.5 Å². The summed E-state index contributed by atoms with van der Waals surface area (Å²) in [6.45, 7) is 4.26. The van der Waals surface area contributed by atoms with Crippen LogP contribution in [0.2, 0.25) is 0 Å². The van der Waals surface area contributed by atoms with Gasteiger partial charge >= 0.3 is 5.97 Å². The first-order valence-electron chi connectivity index (χ1n) is 8.98. The van der Waals surface area contributed by atoms with Gasteiger partial charge in [-0.2, -0.15) is 0 Å². The van der Waals surface area contributed by atoms with Gasteiger partial charge in [-0.15, -0.1) is 0 Å². The molecular weight excluding hydrogens is 392 g/mol. The van der Waals surface area contributed by atoms with Gasteiger partial charge in [-0.05, 0) is 41.3 Å². The normalized spacial score (nSPS) is 11.6. The van der Waals surface area contributed by atoms with Crippen LogP contribution in [0.15, 0.2) is 65.6 Å². The van der Waals surface area contributed by atoms with Gasteiger partial charge in [0.25, 0.3) is 0 Å². The lowest BCUT2D eigenvalue weighted by Crippen LogP contribution is -2.27. The number of esters is 1. The van der Waals surface area contributed by atoms with Crippen LogP contribution < -0.4 is 10.0 Å². The minimum atomic E-state index is -3.52. The minimum absolute atomic E-state index is 0.211.